The van der Waals surface area contributed by atoms with Gasteiger partial charge in [-0.1, -0.05) is 6.42 Å². The molecular weight excluding hydrogens is 228 g/mol. The van der Waals surface area contributed by atoms with Crippen molar-refractivity contribution >= 4 is 5.91 Å². The van der Waals surface area contributed by atoms with Gasteiger partial charge in [-0.2, -0.15) is 5.10 Å². The zero-order valence-corrected chi connectivity index (χ0v) is 11.4. The third-order valence-electron chi connectivity index (χ3n) is 3.79. The van der Waals surface area contributed by atoms with Crippen molar-refractivity contribution in [1.82, 2.24) is 20.4 Å². The first kappa shape index (κ1) is 13.1. The fourth-order valence-electron chi connectivity index (χ4n) is 2.41. The molecule has 2 rings (SSSR count). The van der Waals surface area contributed by atoms with Gasteiger partial charge in [-0.25, -0.2) is 0 Å². The van der Waals surface area contributed by atoms with Gasteiger partial charge in [-0.15, -0.1) is 0 Å². The second-order valence-electron chi connectivity index (χ2n) is 5.09. The Morgan fingerprint density at radius 3 is 2.94 bits per heavy atom. The van der Waals surface area contributed by atoms with Crippen molar-refractivity contribution in [2.24, 2.45) is 7.05 Å². The van der Waals surface area contributed by atoms with Crippen LogP contribution in [-0.4, -0.2) is 34.3 Å². The van der Waals surface area contributed by atoms with E-state index in [2.05, 4.69) is 22.7 Å². The number of nitrogens with zero attached hydrogens (tertiary/aromatic N) is 2. The predicted molar refractivity (Wildman–Crippen MR) is 70.5 cm³/mol. The number of carbonyl (C=O) groups excluding carboxylic acids is 1. The first-order valence-corrected chi connectivity index (χ1v) is 6.62. The maximum Gasteiger partial charge on any atom is 0.255 e. The first-order chi connectivity index (χ1) is 8.59. The van der Waals surface area contributed by atoms with Crippen LogP contribution in [0.1, 0.15) is 42.2 Å². The molecule has 1 aliphatic rings. The van der Waals surface area contributed by atoms with Crippen LogP contribution in [0.4, 0.5) is 0 Å². The van der Waals surface area contributed by atoms with E-state index in [-0.39, 0.29) is 11.9 Å². The van der Waals surface area contributed by atoms with E-state index < -0.39 is 0 Å². The molecule has 5 heteroatoms. The Hall–Kier alpha value is -1.36. The number of nitrogens with one attached hydrogen (secondary N) is 2. The summed E-state index contributed by atoms with van der Waals surface area (Å²) in [5, 5.41) is 10.6. The summed E-state index contributed by atoms with van der Waals surface area (Å²) < 4.78 is 1.72. The Balaban J connectivity index is 1.96. The number of rotatable bonds is 3. The van der Waals surface area contributed by atoms with E-state index in [4.69, 9.17) is 0 Å². The predicted octanol–water partition coefficient (Wildman–Crippen LogP) is 0.989. The molecule has 18 heavy (non-hydrogen) atoms. The van der Waals surface area contributed by atoms with Crippen molar-refractivity contribution in [1.29, 1.82) is 0 Å². The molecule has 5 nitrogen and oxygen atoms in total. The van der Waals surface area contributed by atoms with E-state index in [0.717, 1.165) is 18.7 Å². The Bertz CT molecular complexity index is 421. The number of amides is 1. The SMILES string of the molecule is Cc1c(C(=O)NC(C)C2CCCCN2)cnn1C. The van der Waals surface area contributed by atoms with Crippen LogP contribution >= 0.6 is 0 Å². The highest BCUT2D eigenvalue weighted by Gasteiger charge is 2.22. The minimum atomic E-state index is -0.0273. The van der Waals surface area contributed by atoms with Gasteiger partial charge in [0.05, 0.1) is 11.8 Å². The molecule has 2 unspecified atom stereocenters. The van der Waals surface area contributed by atoms with Gasteiger partial charge in [0, 0.05) is 24.8 Å². The fourth-order valence-corrected chi connectivity index (χ4v) is 2.41. The highest BCUT2D eigenvalue weighted by Crippen LogP contribution is 2.11. The molecule has 0 aliphatic carbocycles. The van der Waals surface area contributed by atoms with Crippen molar-refractivity contribution in [2.75, 3.05) is 6.54 Å². The van der Waals surface area contributed by atoms with Crippen LogP contribution in [0.2, 0.25) is 0 Å². The Morgan fingerprint density at radius 1 is 1.61 bits per heavy atom. The topological polar surface area (TPSA) is 59.0 Å². The van der Waals surface area contributed by atoms with E-state index in [1.807, 2.05) is 14.0 Å². The fraction of sp³-hybridized carbons (Fsp3) is 0.692. The highest BCUT2D eigenvalue weighted by atomic mass is 16.1. The minimum Gasteiger partial charge on any atom is -0.348 e. The summed E-state index contributed by atoms with van der Waals surface area (Å²) in [4.78, 5) is 12.1. The molecule has 1 amide bonds. The van der Waals surface area contributed by atoms with Gasteiger partial charge >= 0.3 is 0 Å². The Morgan fingerprint density at radius 2 is 2.39 bits per heavy atom. The first-order valence-electron chi connectivity index (χ1n) is 6.62. The van der Waals surface area contributed by atoms with Crippen LogP contribution in [0.25, 0.3) is 0 Å². The summed E-state index contributed by atoms with van der Waals surface area (Å²) in [7, 11) is 1.85. The van der Waals surface area contributed by atoms with Crippen LogP contribution in [0.5, 0.6) is 0 Å². The quantitative estimate of drug-likeness (QED) is 0.841. The third kappa shape index (κ3) is 2.72. The maximum absolute atomic E-state index is 12.1. The molecule has 100 valence electrons. The van der Waals surface area contributed by atoms with Crippen molar-refractivity contribution in [2.45, 2.75) is 45.2 Å². The molecule has 2 N–H and O–H groups in total. The molecule has 1 fully saturated rings. The van der Waals surface area contributed by atoms with Crippen molar-refractivity contribution in [3.05, 3.63) is 17.5 Å². The zero-order chi connectivity index (χ0) is 13.1. The van der Waals surface area contributed by atoms with E-state index in [9.17, 15) is 4.79 Å². The molecular formula is C13H22N4O. The third-order valence-corrected chi connectivity index (χ3v) is 3.79. The van der Waals surface area contributed by atoms with Gasteiger partial charge in [0.1, 0.15) is 0 Å². The molecule has 0 spiro atoms. The maximum atomic E-state index is 12.1. The van der Waals surface area contributed by atoms with Crippen LogP contribution in [0.15, 0.2) is 6.20 Å². The molecule has 1 saturated heterocycles. The van der Waals surface area contributed by atoms with Crippen LogP contribution in [-0.2, 0) is 7.05 Å². The lowest BCUT2D eigenvalue weighted by atomic mass is 9.99. The average Bonchev–Trinajstić information content (AvgIpc) is 2.71. The largest absolute Gasteiger partial charge is 0.348 e. The summed E-state index contributed by atoms with van der Waals surface area (Å²) in [5.74, 6) is -0.0273. The molecule has 2 atom stereocenters. The van der Waals surface area contributed by atoms with Crippen molar-refractivity contribution in [3.63, 3.8) is 0 Å². The summed E-state index contributed by atoms with van der Waals surface area (Å²) in [6, 6.07) is 0.539. The van der Waals surface area contributed by atoms with E-state index in [0.29, 0.717) is 11.6 Å². The number of hydrogen-bond donors (Lipinski definition) is 2. The summed E-state index contributed by atoms with van der Waals surface area (Å²) in [6.45, 7) is 5.02. The second kappa shape index (κ2) is 5.52. The molecule has 1 aromatic heterocycles. The molecule has 0 aromatic carbocycles. The second-order valence-corrected chi connectivity index (χ2v) is 5.09. The lowest BCUT2D eigenvalue weighted by molar-refractivity contribution is 0.0927. The molecule has 1 aromatic rings. The van der Waals surface area contributed by atoms with Crippen LogP contribution in [0, 0.1) is 6.92 Å². The van der Waals surface area contributed by atoms with Crippen LogP contribution < -0.4 is 10.6 Å². The summed E-state index contributed by atoms with van der Waals surface area (Å²) >= 11 is 0. The summed E-state index contributed by atoms with van der Waals surface area (Å²) in [5.41, 5.74) is 1.57. The zero-order valence-electron chi connectivity index (χ0n) is 11.4. The normalized spacial score (nSPS) is 21.6. The molecule has 2 heterocycles. The number of aryl methyl sites for hydroxylation is 1. The number of aromatic nitrogens is 2. The van der Waals surface area contributed by atoms with Gasteiger partial charge in [-0.3, -0.25) is 9.48 Å². The summed E-state index contributed by atoms with van der Waals surface area (Å²) in [6.07, 6.45) is 5.24. The minimum absolute atomic E-state index is 0.0273. The molecule has 0 radical (unpaired) electrons. The average molecular weight is 250 g/mol. The van der Waals surface area contributed by atoms with Crippen molar-refractivity contribution in [3.8, 4) is 0 Å². The standard InChI is InChI=1S/C13H22N4O/c1-9(12-6-4-5-7-14-12)16-13(18)11-8-15-17(3)10(11)2/h8-9,12,14H,4-7H2,1-3H3,(H,16,18). The number of hydrogen-bond acceptors (Lipinski definition) is 3. The van der Waals surface area contributed by atoms with E-state index in [1.54, 1.807) is 10.9 Å². The van der Waals surface area contributed by atoms with Gasteiger partial charge in [0.25, 0.3) is 5.91 Å². The van der Waals surface area contributed by atoms with Crippen LogP contribution in [0.3, 0.4) is 0 Å². The number of piperidine rings is 1. The monoisotopic (exact) mass is 250 g/mol. The van der Waals surface area contributed by atoms with Gasteiger partial charge < -0.3 is 10.6 Å². The Kier molecular flexibility index (Phi) is 4.01. The lowest BCUT2D eigenvalue weighted by Gasteiger charge is -2.29. The molecule has 0 saturated carbocycles. The van der Waals surface area contributed by atoms with E-state index >= 15 is 0 Å². The lowest BCUT2D eigenvalue weighted by Crippen LogP contribution is -2.50. The highest BCUT2D eigenvalue weighted by molar-refractivity contribution is 5.95. The smallest absolute Gasteiger partial charge is 0.255 e. The molecule has 0 bridgehead atoms. The number of carbonyl (C=O) groups is 1. The van der Waals surface area contributed by atoms with Gasteiger partial charge in [0.15, 0.2) is 0 Å². The van der Waals surface area contributed by atoms with Crippen molar-refractivity contribution < 1.29 is 4.79 Å². The molecule has 1 aliphatic heterocycles. The van der Waals surface area contributed by atoms with Gasteiger partial charge in [-0.05, 0) is 33.2 Å². The van der Waals surface area contributed by atoms with E-state index in [1.165, 1.54) is 12.8 Å². The Labute approximate surface area is 108 Å². The van der Waals surface area contributed by atoms with Gasteiger partial charge in [0.2, 0.25) is 0 Å².